The zero-order valence-corrected chi connectivity index (χ0v) is 9.42. The average Bonchev–Trinajstić information content (AvgIpc) is 2.27. The lowest BCUT2D eigenvalue weighted by atomic mass is 10.1. The lowest BCUT2D eigenvalue weighted by Gasteiger charge is -2.22. The number of para-hydroxylation sites is 1. The SMILES string of the molecule is CCCOc1ccccc1C(NN)C(F)(F)F. The third kappa shape index (κ3) is 3.61. The van der Waals surface area contributed by atoms with Gasteiger partial charge < -0.3 is 4.74 Å². The van der Waals surface area contributed by atoms with Gasteiger partial charge in [-0.3, -0.25) is 5.84 Å². The number of rotatable bonds is 5. The van der Waals surface area contributed by atoms with Crippen LogP contribution in [-0.2, 0) is 0 Å². The summed E-state index contributed by atoms with van der Waals surface area (Å²) in [6, 6.07) is 4.07. The molecule has 1 aromatic rings. The second-order valence-electron chi connectivity index (χ2n) is 3.53. The van der Waals surface area contributed by atoms with Crippen molar-refractivity contribution in [3.05, 3.63) is 29.8 Å². The van der Waals surface area contributed by atoms with Crippen molar-refractivity contribution in [2.45, 2.75) is 25.6 Å². The van der Waals surface area contributed by atoms with E-state index in [2.05, 4.69) is 0 Å². The zero-order valence-electron chi connectivity index (χ0n) is 9.42. The molecule has 1 unspecified atom stereocenters. The Hall–Kier alpha value is -1.27. The molecule has 17 heavy (non-hydrogen) atoms. The maximum absolute atomic E-state index is 12.7. The summed E-state index contributed by atoms with van der Waals surface area (Å²) in [4.78, 5) is 0. The molecule has 0 aliphatic heterocycles. The Labute approximate surface area is 97.7 Å². The molecule has 0 bridgehead atoms. The van der Waals surface area contributed by atoms with Gasteiger partial charge >= 0.3 is 6.18 Å². The molecule has 0 aliphatic carbocycles. The lowest BCUT2D eigenvalue weighted by Crippen LogP contribution is -2.38. The summed E-state index contributed by atoms with van der Waals surface area (Å²) in [5, 5.41) is 0. The first-order valence-corrected chi connectivity index (χ1v) is 5.25. The molecule has 0 heterocycles. The lowest BCUT2D eigenvalue weighted by molar-refractivity contribution is -0.158. The van der Waals surface area contributed by atoms with Crippen LogP contribution in [0.1, 0.15) is 24.9 Å². The number of ether oxygens (including phenoxy) is 1. The van der Waals surface area contributed by atoms with Gasteiger partial charge in [-0.25, -0.2) is 5.43 Å². The summed E-state index contributed by atoms with van der Waals surface area (Å²) < 4.78 is 43.4. The van der Waals surface area contributed by atoms with E-state index in [1.165, 1.54) is 18.2 Å². The Morgan fingerprint density at radius 3 is 2.53 bits per heavy atom. The normalized spacial score (nSPS) is 13.5. The number of hydrogen-bond donors (Lipinski definition) is 2. The molecule has 0 fully saturated rings. The van der Waals surface area contributed by atoms with Crippen molar-refractivity contribution < 1.29 is 17.9 Å². The Kier molecular flexibility index (Phi) is 4.77. The first kappa shape index (κ1) is 13.8. The van der Waals surface area contributed by atoms with Crippen LogP contribution < -0.4 is 16.0 Å². The number of hydrogen-bond acceptors (Lipinski definition) is 3. The summed E-state index contributed by atoms with van der Waals surface area (Å²) >= 11 is 0. The second-order valence-corrected chi connectivity index (χ2v) is 3.53. The van der Waals surface area contributed by atoms with Gasteiger partial charge in [-0.05, 0) is 12.5 Å². The van der Waals surface area contributed by atoms with E-state index >= 15 is 0 Å². The Balaban J connectivity index is 3.02. The maximum Gasteiger partial charge on any atom is 0.409 e. The fourth-order valence-corrected chi connectivity index (χ4v) is 1.42. The minimum Gasteiger partial charge on any atom is -0.493 e. The molecule has 3 N–H and O–H groups in total. The van der Waals surface area contributed by atoms with Gasteiger partial charge in [0.25, 0.3) is 0 Å². The van der Waals surface area contributed by atoms with Crippen molar-refractivity contribution in [2.75, 3.05) is 6.61 Å². The molecule has 0 saturated carbocycles. The molecule has 1 rings (SSSR count). The number of hydrazine groups is 1. The smallest absolute Gasteiger partial charge is 0.409 e. The van der Waals surface area contributed by atoms with Crippen LogP contribution in [0.25, 0.3) is 0 Å². The zero-order chi connectivity index (χ0) is 12.9. The number of alkyl halides is 3. The van der Waals surface area contributed by atoms with Gasteiger partial charge in [0.15, 0.2) is 0 Å². The van der Waals surface area contributed by atoms with E-state index in [1.807, 2.05) is 6.92 Å². The fourth-order valence-electron chi connectivity index (χ4n) is 1.42. The van der Waals surface area contributed by atoms with Gasteiger partial charge in [-0.15, -0.1) is 0 Å². The largest absolute Gasteiger partial charge is 0.493 e. The third-order valence-corrected chi connectivity index (χ3v) is 2.19. The highest BCUT2D eigenvalue weighted by atomic mass is 19.4. The quantitative estimate of drug-likeness (QED) is 0.622. The molecule has 1 atom stereocenters. The van der Waals surface area contributed by atoms with E-state index in [-0.39, 0.29) is 11.3 Å². The van der Waals surface area contributed by atoms with Crippen LogP contribution in [0, 0.1) is 0 Å². The minimum atomic E-state index is -4.46. The third-order valence-electron chi connectivity index (χ3n) is 2.19. The molecular weight excluding hydrogens is 233 g/mol. The van der Waals surface area contributed by atoms with Crippen molar-refractivity contribution in [1.82, 2.24) is 5.43 Å². The minimum absolute atomic E-state index is 0.00375. The highest BCUT2D eigenvalue weighted by molar-refractivity contribution is 5.36. The van der Waals surface area contributed by atoms with Gasteiger partial charge in [0.1, 0.15) is 11.8 Å². The van der Waals surface area contributed by atoms with Crippen LogP contribution in [-0.4, -0.2) is 12.8 Å². The van der Waals surface area contributed by atoms with Crippen molar-refractivity contribution in [2.24, 2.45) is 5.84 Å². The average molecular weight is 248 g/mol. The topological polar surface area (TPSA) is 47.3 Å². The number of nitrogens with one attached hydrogen (secondary N) is 1. The standard InChI is InChI=1S/C11H15F3N2O/c1-2-7-17-9-6-4-3-5-8(9)10(16-15)11(12,13)14/h3-6,10,16H,2,7,15H2,1H3. The molecule has 0 amide bonds. The van der Waals surface area contributed by atoms with E-state index in [0.29, 0.717) is 6.61 Å². The molecule has 0 spiro atoms. The molecule has 3 nitrogen and oxygen atoms in total. The van der Waals surface area contributed by atoms with Crippen LogP contribution in [0.3, 0.4) is 0 Å². The monoisotopic (exact) mass is 248 g/mol. The number of benzene rings is 1. The van der Waals surface area contributed by atoms with E-state index in [0.717, 1.165) is 6.42 Å². The van der Waals surface area contributed by atoms with E-state index in [1.54, 1.807) is 11.5 Å². The Morgan fingerprint density at radius 1 is 1.35 bits per heavy atom. The molecule has 0 radical (unpaired) electrons. The van der Waals surface area contributed by atoms with Crippen LogP contribution in [0.4, 0.5) is 13.2 Å². The Bertz CT molecular complexity index is 355. The number of halogens is 3. The van der Waals surface area contributed by atoms with Gasteiger partial charge in [-0.2, -0.15) is 13.2 Å². The van der Waals surface area contributed by atoms with Crippen LogP contribution in [0.5, 0.6) is 5.75 Å². The fraction of sp³-hybridized carbons (Fsp3) is 0.455. The first-order valence-electron chi connectivity index (χ1n) is 5.25. The van der Waals surface area contributed by atoms with E-state index in [9.17, 15) is 13.2 Å². The number of nitrogens with two attached hydrogens (primary N) is 1. The summed E-state index contributed by atoms with van der Waals surface area (Å²) in [5.74, 6) is 5.17. The highest BCUT2D eigenvalue weighted by Crippen LogP contribution is 2.36. The van der Waals surface area contributed by atoms with Crippen molar-refractivity contribution in [3.8, 4) is 5.75 Å². The van der Waals surface area contributed by atoms with E-state index < -0.39 is 12.2 Å². The summed E-state index contributed by atoms with van der Waals surface area (Å²) in [7, 11) is 0. The molecule has 1 aromatic carbocycles. The van der Waals surface area contributed by atoms with Gasteiger partial charge in [0.05, 0.1) is 6.61 Å². The molecule has 96 valence electrons. The van der Waals surface area contributed by atoms with E-state index in [4.69, 9.17) is 10.6 Å². The predicted octanol–water partition coefficient (Wildman–Crippen LogP) is 2.54. The molecular formula is C11H15F3N2O. The maximum atomic E-state index is 12.7. The Morgan fingerprint density at radius 2 is 2.00 bits per heavy atom. The van der Waals surface area contributed by atoms with Crippen molar-refractivity contribution in [3.63, 3.8) is 0 Å². The molecule has 0 aromatic heterocycles. The summed E-state index contributed by atoms with van der Waals surface area (Å²) in [5.41, 5.74) is 1.77. The van der Waals surface area contributed by atoms with Gasteiger partial charge in [0, 0.05) is 5.56 Å². The summed E-state index contributed by atoms with van der Waals surface area (Å²) in [6.45, 7) is 2.25. The molecule has 6 heteroatoms. The van der Waals surface area contributed by atoms with Crippen molar-refractivity contribution in [1.29, 1.82) is 0 Å². The summed E-state index contributed by atoms with van der Waals surface area (Å²) in [6.07, 6.45) is -3.73. The second kappa shape index (κ2) is 5.88. The molecule has 0 saturated heterocycles. The van der Waals surface area contributed by atoms with Crippen LogP contribution >= 0.6 is 0 Å². The van der Waals surface area contributed by atoms with Crippen LogP contribution in [0.15, 0.2) is 24.3 Å². The highest BCUT2D eigenvalue weighted by Gasteiger charge is 2.41. The molecule has 0 aliphatic rings. The van der Waals surface area contributed by atoms with Crippen molar-refractivity contribution >= 4 is 0 Å². The van der Waals surface area contributed by atoms with Gasteiger partial charge in [0.2, 0.25) is 0 Å². The van der Waals surface area contributed by atoms with Crippen LogP contribution in [0.2, 0.25) is 0 Å². The van der Waals surface area contributed by atoms with Gasteiger partial charge in [-0.1, -0.05) is 25.1 Å². The predicted molar refractivity (Wildman–Crippen MR) is 58.3 cm³/mol. The first-order chi connectivity index (χ1) is 8.00.